The van der Waals surface area contributed by atoms with Crippen molar-refractivity contribution in [2.24, 2.45) is 0 Å². The Hall–Kier alpha value is 0.619. The first kappa shape index (κ1) is 29.8. The van der Waals surface area contributed by atoms with Crippen LogP contribution >= 0.6 is 43.2 Å². The molecule has 0 fully saturated rings. The average Bonchev–Trinajstić information content (AvgIpc) is 3.53. The molecule has 0 bridgehead atoms. The number of hydrogen-bond acceptors (Lipinski definition) is 8. The van der Waals surface area contributed by atoms with E-state index < -0.39 is 19.2 Å². The molecule has 0 N–H and O–H groups in total. The van der Waals surface area contributed by atoms with Crippen molar-refractivity contribution in [2.45, 2.75) is 110 Å². The van der Waals surface area contributed by atoms with Crippen LogP contribution in [0.1, 0.15) is 90.9 Å². The van der Waals surface area contributed by atoms with Gasteiger partial charge in [0.1, 0.15) is 0 Å². The van der Waals surface area contributed by atoms with Gasteiger partial charge in [-0.15, -0.1) is 0 Å². The summed E-state index contributed by atoms with van der Waals surface area (Å²) in [6.45, 7) is 4.45. The fourth-order valence-corrected chi connectivity index (χ4v) is 17.6. The molecule has 0 spiro atoms. The molecule has 0 aromatic carbocycles. The van der Waals surface area contributed by atoms with Crippen LogP contribution in [0.15, 0.2) is 23.0 Å². The summed E-state index contributed by atoms with van der Waals surface area (Å²) >= 11 is -3.95. The van der Waals surface area contributed by atoms with E-state index in [4.69, 9.17) is 6.15 Å². The zero-order valence-electron chi connectivity index (χ0n) is 20.1. The molecule has 188 valence electrons. The molecule has 2 rings (SSSR count). The number of rotatable bonds is 18. The SMILES string of the molecule is CCCCCCC[CH2][Sn]([CH2]CCCCCCC)([O]C(=O)C1C=CSS1)[O]C(=O)C1C=CSS1. The average molecular weight is 640 g/mol. The van der Waals surface area contributed by atoms with E-state index in [1.807, 2.05) is 23.0 Å². The van der Waals surface area contributed by atoms with E-state index in [1.165, 1.54) is 73.0 Å². The molecule has 2 heterocycles. The summed E-state index contributed by atoms with van der Waals surface area (Å²) in [7, 11) is 6.16. The van der Waals surface area contributed by atoms with Crippen LogP contribution < -0.4 is 0 Å². The minimum atomic E-state index is -3.95. The van der Waals surface area contributed by atoms with E-state index in [0.717, 1.165) is 34.6 Å². The summed E-state index contributed by atoms with van der Waals surface area (Å²) in [6.07, 6.45) is 17.9. The Morgan fingerprint density at radius 3 is 1.42 bits per heavy atom. The number of hydrogen-bond donors (Lipinski definition) is 0. The summed E-state index contributed by atoms with van der Waals surface area (Å²) in [5.74, 6) is -0.406. The normalized spacial score (nSPS) is 19.8. The van der Waals surface area contributed by atoms with Crippen LogP contribution in [0.25, 0.3) is 0 Å². The molecule has 0 aromatic rings. The first-order valence-corrected chi connectivity index (χ1v) is 23.5. The maximum atomic E-state index is 13.0. The first-order chi connectivity index (χ1) is 16.1. The van der Waals surface area contributed by atoms with E-state index in [2.05, 4.69) is 13.8 Å². The van der Waals surface area contributed by atoms with E-state index in [9.17, 15) is 9.59 Å². The molecule has 2 aliphatic rings. The van der Waals surface area contributed by atoms with Gasteiger partial charge in [-0.1, -0.05) is 0 Å². The number of carbonyl (C=O) groups is 2. The first-order valence-electron chi connectivity index (χ1n) is 12.5. The summed E-state index contributed by atoms with van der Waals surface area (Å²) < 4.78 is 14.2. The molecule has 0 saturated heterocycles. The van der Waals surface area contributed by atoms with E-state index in [0.29, 0.717) is 0 Å². The van der Waals surface area contributed by atoms with E-state index in [-0.39, 0.29) is 22.4 Å². The Morgan fingerprint density at radius 2 is 1.06 bits per heavy atom. The Morgan fingerprint density at radius 1 is 0.667 bits per heavy atom. The summed E-state index contributed by atoms with van der Waals surface area (Å²) in [5.41, 5.74) is 0. The Labute approximate surface area is 221 Å². The molecule has 0 amide bonds. The molecule has 0 aliphatic carbocycles. The van der Waals surface area contributed by atoms with Crippen molar-refractivity contribution >= 4 is 74.3 Å². The molecule has 0 saturated carbocycles. The molecule has 2 aliphatic heterocycles. The van der Waals surface area contributed by atoms with Crippen LogP contribution in [-0.4, -0.2) is 41.6 Å². The monoisotopic (exact) mass is 640 g/mol. The van der Waals surface area contributed by atoms with Crippen molar-refractivity contribution in [1.29, 1.82) is 0 Å². The summed E-state index contributed by atoms with van der Waals surface area (Å²) in [6, 6.07) is 0. The van der Waals surface area contributed by atoms with Crippen LogP contribution in [0.2, 0.25) is 8.87 Å². The second kappa shape index (κ2) is 18.0. The van der Waals surface area contributed by atoms with E-state index >= 15 is 0 Å². The second-order valence-corrected chi connectivity index (χ2v) is 22.5. The predicted octanol–water partition coefficient (Wildman–Crippen LogP) is 8.79. The van der Waals surface area contributed by atoms with Crippen molar-refractivity contribution in [1.82, 2.24) is 0 Å². The van der Waals surface area contributed by atoms with Crippen LogP contribution in [-0.2, 0) is 15.7 Å². The van der Waals surface area contributed by atoms with Crippen molar-refractivity contribution in [2.75, 3.05) is 0 Å². The Balaban J connectivity index is 2.06. The van der Waals surface area contributed by atoms with Crippen molar-refractivity contribution < 1.29 is 15.7 Å². The van der Waals surface area contributed by atoms with Crippen molar-refractivity contribution in [3.8, 4) is 0 Å². The molecule has 33 heavy (non-hydrogen) atoms. The predicted molar refractivity (Wildman–Crippen MR) is 151 cm³/mol. The molecule has 0 aromatic heterocycles. The standard InChI is InChI=1S/2C8H17.2C4H4O2S2.Sn/c2*1-3-5-7-8-6-4-2;2*5-4(6)3-1-2-7-8-3;/h2*1,3-8H2,2H3;2*1-3H,(H,5,6);/q;;;;+2/p-2. The summed E-state index contributed by atoms with van der Waals surface area (Å²) in [5, 5.41) is 3.32. The van der Waals surface area contributed by atoms with Crippen LogP contribution in [0.3, 0.4) is 0 Å². The van der Waals surface area contributed by atoms with Gasteiger partial charge in [0.2, 0.25) is 0 Å². The van der Waals surface area contributed by atoms with Crippen molar-refractivity contribution in [3.63, 3.8) is 0 Å². The third-order valence-corrected chi connectivity index (χ3v) is 19.9. The van der Waals surface area contributed by atoms with Gasteiger partial charge in [-0.2, -0.15) is 0 Å². The topological polar surface area (TPSA) is 52.6 Å². The Bertz CT molecular complexity index is 590. The molecular weight excluding hydrogens is 599 g/mol. The van der Waals surface area contributed by atoms with Crippen molar-refractivity contribution in [3.05, 3.63) is 23.0 Å². The quantitative estimate of drug-likeness (QED) is 0.0839. The fourth-order valence-electron chi connectivity index (χ4n) is 3.87. The molecular formula is C24H40O4S4Sn. The van der Waals surface area contributed by atoms with Gasteiger partial charge < -0.3 is 0 Å². The van der Waals surface area contributed by atoms with Crippen LogP contribution in [0.5, 0.6) is 0 Å². The van der Waals surface area contributed by atoms with Crippen LogP contribution in [0, 0.1) is 0 Å². The van der Waals surface area contributed by atoms with Gasteiger partial charge in [0.25, 0.3) is 0 Å². The van der Waals surface area contributed by atoms with Gasteiger partial charge >= 0.3 is 223 Å². The van der Waals surface area contributed by atoms with Gasteiger partial charge in [0, 0.05) is 0 Å². The number of carbonyl (C=O) groups excluding carboxylic acids is 2. The zero-order chi connectivity index (χ0) is 23.8. The molecule has 2 atom stereocenters. The fraction of sp³-hybridized carbons (Fsp3) is 0.750. The maximum absolute atomic E-state index is 13.0. The second-order valence-electron chi connectivity index (χ2n) is 8.67. The van der Waals surface area contributed by atoms with Crippen LogP contribution in [0.4, 0.5) is 0 Å². The third-order valence-electron chi connectivity index (χ3n) is 5.80. The van der Waals surface area contributed by atoms with E-state index in [1.54, 1.807) is 21.6 Å². The minimum absolute atomic E-state index is 0.203. The van der Waals surface area contributed by atoms with Gasteiger partial charge in [-0.3, -0.25) is 0 Å². The molecule has 4 nitrogen and oxygen atoms in total. The van der Waals surface area contributed by atoms with Gasteiger partial charge in [-0.25, -0.2) is 0 Å². The number of unbranched alkanes of at least 4 members (excludes halogenated alkanes) is 10. The molecule has 9 heteroatoms. The zero-order valence-corrected chi connectivity index (χ0v) is 26.2. The van der Waals surface area contributed by atoms with Gasteiger partial charge in [-0.05, 0) is 0 Å². The van der Waals surface area contributed by atoms with Gasteiger partial charge in [0.15, 0.2) is 0 Å². The van der Waals surface area contributed by atoms with Gasteiger partial charge in [0.05, 0.1) is 0 Å². The molecule has 2 unspecified atom stereocenters. The Kier molecular flexibility index (Phi) is 16.2. The molecule has 0 radical (unpaired) electrons. The summed E-state index contributed by atoms with van der Waals surface area (Å²) in [4.78, 5) is 26.1. The third kappa shape index (κ3) is 11.9.